The van der Waals surface area contributed by atoms with Crippen molar-refractivity contribution in [2.75, 3.05) is 6.61 Å². The maximum absolute atomic E-state index is 5.05. The van der Waals surface area contributed by atoms with Gasteiger partial charge in [-0.15, -0.1) is 0 Å². The average Bonchev–Trinajstić information content (AvgIpc) is 2.41. The molecule has 0 aromatic carbocycles. The molecule has 1 rings (SSSR count). The van der Waals surface area contributed by atoms with Crippen LogP contribution in [0.5, 0.6) is 0 Å². The third-order valence-corrected chi connectivity index (χ3v) is 2.66. The van der Waals surface area contributed by atoms with Crippen molar-refractivity contribution in [3.8, 4) is 0 Å². The molecule has 1 heterocycles. The van der Waals surface area contributed by atoms with Gasteiger partial charge in [0.05, 0.1) is 0 Å². The molecule has 0 spiro atoms. The van der Waals surface area contributed by atoms with Crippen molar-refractivity contribution in [1.82, 2.24) is 0 Å². The molecule has 0 atom stereocenters. The van der Waals surface area contributed by atoms with Gasteiger partial charge in [-0.25, -0.2) is 0 Å². The van der Waals surface area contributed by atoms with E-state index in [-0.39, 0.29) is 27.3 Å². The Hall–Kier alpha value is 1.36. The number of rotatable bonds is 3. The molecule has 1 aromatic heterocycles. The molecule has 5 heteroatoms. The minimum absolute atomic E-state index is 0. The van der Waals surface area contributed by atoms with Gasteiger partial charge >= 0.3 is 69.8 Å². The SMILES string of the molecule is P#[SH-]OCCc1cccs1.[Tl]. The van der Waals surface area contributed by atoms with Crippen LogP contribution in [0.3, 0.4) is 0 Å². The molecule has 0 N–H and O–H groups in total. The topological polar surface area (TPSA) is 9.23 Å². The first kappa shape index (κ1) is 12.4. The Labute approximate surface area is 96.3 Å². The van der Waals surface area contributed by atoms with Gasteiger partial charge in [-0.3, -0.25) is 0 Å². The first-order valence-electron chi connectivity index (χ1n) is 2.92. The molecule has 0 aliphatic rings. The van der Waals surface area contributed by atoms with Crippen molar-refractivity contribution >= 4 is 57.5 Å². The molecule has 0 amide bonds. The Morgan fingerprint density at radius 3 is 3.00 bits per heavy atom. The van der Waals surface area contributed by atoms with Gasteiger partial charge in [0.15, 0.2) is 0 Å². The van der Waals surface area contributed by atoms with Crippen molar-refractivity contribution < 1.29 is 4.18 Å². The van der Waals surface area contributed by atoms with Gasteiger partial charge < -0.3 is 0 Å². The van der Waals surface area contributed by atoms with E-state index in [0.29, 0.717) is 0 Å². The molecule has 1 aromatic rings. The zero-order valence-corrected chi connectivity index (χ0v) is 13.0. The van der Waals surface area contributed by atoms with E-state index in [1.54, 1.807) is 11.3 Å². The van der Waals surface area contributed by atoms with E-state index in [4.69, 9.17) is 4.18 Å². The van der Waals surface area contributed by atoms with Gasteiger partial charge in [-0.05, 0) is 0 Å². The van der Waals surface area contributed by atoms with E-state index >= 15 is 0 Å². The van der Waals surface area contributed by atoms with Crippen LogP contribution in [0.25, 0.3) is 0 Å². The predicted molar refractivity (Wildman–Crippen MR) is 55.4 cm³/mol. The maximum Gasteiger partial charge on any atom is 0 e. The molecule has 0 aliphatic heterocycles. The van der Waals surface area contributed by atoms with E-state index in [9.17, 15) is 0 Å². The Morgan fingerprint density at radius 1 is 1.64 bits per heavy atom. The summed E-state index contributed by atoms with van der Waals surface area (Å²) < 4.78 is 5.05. The van der Waals surface area contributed by atoms with Crippen molar-refractivity contribution in [1.29, 1.82) is 0 Å². The van der Waals surface area contributed by atoms with Crippen molar-refractivity contribution in [2.45, 2.75) is 6.42 Å². The van der Waals surface area contributed by atoms with Crippen LogP contribution in [-0.2, 0) is 21.6 Å². The first-order chi connectivity index (χ1) is 4.93. The normalized spacial score (nSPS) is 9.00. The van der Waals surface area contributed by atoms with Crippen molar-refractivity contribution in [3.63, 3.8) is 0 Å². The van der Waals surface area contributed by atoms with Crippen LogP contribution in [0.1, 0.15) is 4.88 Å². The number of thiol groups is 1. The molecule has 0 unspecified atom stereocenters. The Morgan fingerprint density at radius 2 is 2.45 bits per heavy atom. The monoisotopic (exact) mass is 396 g/mol. The molecule has 1 nitrogen and oxygen atoms in total. The minimum atomic E-state index is 0. The van der Waals surface area contributed by atoms with Crippen LogP contribution >= 0.6 is 19.2 Å². The van der Waals surface area contributed by atoms with Gasteiger partial charge in [-0.2, -0.15) is 0 Å². The summed E-state index contributed by atoms with van der Waals surface area (Å²) in [6, 6.07) is 4.17. The summed E-state index contributed by atoms with van der Waals surface area (Å²) in [6.07, 6.45) is 1.01. The van der Waals surface area contributed by atoms with Crippen molar-refractivity contribution in [3.05, 3.63) is 22.4 Å². The zero-order chi connectivity index (χ0) is 7.23. The quantitative estimate of drug-likeness (QED) is 0.250. The van der Waals surface area contributed by atoms with Gasteiger partial charge in [-0.1, -0.05) is 0 Å². The van der Waals surface area contributed by atoms with Crippen LogP contribution in [0, 0.1) is 0 Å². The fourth-order valence-electron chi connectivity index (χ4n) is 0.642. The Balaban J connectivity index is 0.000001000. The molecule has 1 radical (unpaired) electrons. The zero-order valence-electron chi connectivity index (χ0n) is 5.93. The molecule has 0 saturated carbocycles. The molecule has 59 valence electrons. The Bertz CT molecular complexity index is 219. The fourth-order valence-corrected chi connectivity index (χ4v) is 1.75. The van der Waals surface area contributed by atoms with Gasteiger partial charge in [0.1, 0.15) is 0 Å². The minimum Gasteiger partial charge on any atom is 0 e. The Kier molecular flexibility index (Phi) is 8.97. The van der Waals surface area contributed by atoms with Crippen LogP contribution in [0.2, 0.25) is 0 Å². The van der Waals surface area contributed by atoms with Gasteiger partial charge in [0.2, 0.25) is 0 Å². The van der Waals surface area contributed by atoms with E-state index < -0.39 is 0 Å². The van der Waals surface area contributed by atoms with E-state index in [0.717, 1.165) is 24.0 Å². The predicted octanol–water partition coefficient (Wildman–Crippen LogP) is 1.98. The smallest absolute Gasteiger partial charge is 0 e. The second-order valence-electron chi connectivity index (χ2n) is 1.74. The third kappa shape index (κ3) is 5.58. The van der Waals surface area contributed by atoms with Crippen LogP contribution < -0.4 is 0 Å². The summed E-state index contributed by atoms with van der Waals surface area (Å²) in [7, 11) is 3.91. The van der Waals surface area contributed by atoms with Crippen LogP contribution in [0.4, 0.5) is 0 Å². The number of hydrogen-bond acceptors (Lipinski definition) is 3. The molecule has 11 heavy (non-hydrogen) atoms. The molecule has 0 bridgehead atoms. The molecule has 0 aliphatic carbocycles. The summed E-state index contributed by atoms with van der Waals surface area (Å²) >= 11 is 2.49. The fraction of sp³-hybridized carbons (Fsp3) is 0.333. The molecular weight excluding hydrogens is 388 g/mol. The second-order valence-corrected chi connectivity index (χ2v) is 3.69. The van der Waals surface area contributed by atoms with E-state index in [1.165, 1.54) is 4.88 Å². The number of hydrogen-bond donors (Lipinski definition) is 0. The van der Waals surface area contributed by atoms with Crippen LogP contribution in [0.15, 0.2) is 17.5 Å². The van der Waals surface area contributed by atoms with E-state index in [1.807, 2.05) is 0 Å². The average molecular weight is 396 g/mol. The summed E-state index contributed by atoms with van der Waals surface area (Å²) in [5.74, 6) is 0. The largest absolute Gasteiger partial charge is 0 e. The molecule has 0 fully saturated rings. The molecule has 0 saturated heterocycles. The third-order valence-electron chi connectivity index (χ3n) is 1.08. The van der Waals surface area contributed by atoms with Crippen molar-refractivity contribution in [2.24, 2.45) is 0 Å². The standard InChI is InChI=1S/C6H8OPS2.Tl/c8-10-7-4-3-6-2-1-5-9-6;/h1-2,5,10H,3-4H2;/q-1;. The second kappa shape index (κ2) is 7.98. The summed E-state index contributed by atoms with van der Waals surface area (Å²) in [6.45, 7) is 0.769. The van der Waals surface area contributed by atoms with E-state index in [2.05, 4.69) is 25.3 Å². The van der Waals surface area contributed by atoms with Crippen LogP contribution in [-0.4, -0.2) is 33.9 Å². The van der Waals surface area contributed by atoms with Gasteiger partial charge in [0.25, 0.3) is 0 Å². The summed E-state index contributed by atoms with van der Waals surface area (Å²) in [5, 5.41) is 2.08. The molecular formula is C6H8OPS2Tl-. The van der Waals surface area contributed by atoms with Gasteiger partial charge in [0, 0.05) is 27.3 Å². The summed E-state index contributed by atoms with van der Waals surface area (Å²) in [4.78, 5) is 1.37. The number of thiophene rings is 1. The maximum atomic E-state index is 5.05. The first-order valence-corrected chi connectivity index (χ1v) is 5.76. The summed E-state index contributed by atoms with van der Waals surface area (Å²) in [5.41, 5.74) is 0.